The van der Waals surface area contributed by atoms with Gasteiger partial charge in [0.1, 0.15) is 5.75 Å². The quantitative estimate of drug-likeness (QED) is 0.760. The summed E-state index contributed by atoms with van der Waals surface area (Å²) in [5.41, 5.74) is 8.95. The maximum atomic E-state index is 10.7. The summed E-state index contributed by atoms with van der Waals surface area (Å²) >= 11 is 0. The van der Waals surface area contributed by atoms with E-state index in [1.807, 2.05) is 36.4 Å². The van der Waals surface area contributed by atoms with Crippen LogP contribution in [0.2, 0.25) is 0 Å². The van der Waals surface area contributed by atoms with Crippen molar-refractivity contribution in [3.05, 3.63) is 65.2 Å². The summed E-state index contributed by atoms with van der Waals surface area (Å²) < 4.78 is 0. The zero-order valence-corrected chi connectivity index (χ0v) is 11.7. The van der Waals surface area contributed by atoms with Crippen LogP contribution in [-0.4, -0.2) is 22.2 Å². The number of hydrogen-bond acceptors (Lipinski definition) is 3. The number of aromatic hydroxyl groups is 1. The molecular formula is C17H19NO3. The number of carbonyl (C=O) groups is 1. The Morgan fingerprint density at radius 1 is 1.10 bits per heavy atom. The third-order valence-electron chi connectivity index (χ3n) is 3.35. The Kier molecular flexibility index (Phi) is 4.95. The number of rotatable bonds is 6. The van der Waals surface area contributed by atoms with E-state index in [0.29, 0.717) is 12.8 Å². The van der Waals surface area contributed by atoms with Crippen molar-refractivity contribution >= 4 is 5.97 Å². The highest BCUT2D eigenvalue weighted by Gasteiger charge is 2.12. The number of nitrogens with two attached hydrogens (primary N) is 1. The molecule has 0 bridgehead atoms. The Labute approximate surface area is 123 Å². The van der Waals surface area contributed by atoms with Crippen LogP contribution in [0.25, 0.3) is 0 Å². The fourth-order valence-corrected chi connectivity index (χ4v) is 2.37. The highest BCUT2D eigenvalue weighted by molar-refractivity contribution is 5.67. The van der Waals surface area contributed by atoms with E-state index < -0.39 is 12.0 Å². The van der Waals surface area contributed by atoms with Crippen LogP contribution in [0.5, 0.6) is 5.75 Å². The highest BCUT2D eigenvalue weighted by Crippen LogP contribution is 2.21. The molecule has 4 nitrogen and oxygen atoms in total. The van der Waals surface area contributed by atoms with Gasteiger partial charge in [0.2, 0.25) is 0 Å². The van der Waals surface area contributed by atoms with E-state index in [4.69, 9.17) is 10.8 Å². The number of phenolic OH excluding ortho intramolecular Hbond substituents is 1. The van der Waals surface area contributed by atoms with Gasteiger partial charge in [0.25, 0.3) is 0 Å². The fraction of sp³-hybridized carbons (Fsp3) is 0.235. The monoisotopic (exact) mass is 285 g/mol. The van der Waals surface area contributed by atoms with Crippen LogP contribution >= 0.6 is 0 Å². The number of hydrogen-bond donors (Lipinski definition) is 3. The van der Waals surface area contributed by atoms with Crippen molar-refractivity contribution in [2.75, 3.05) is 0 Å². The van der Waals surface area contributed by atoms with Gasteiger partial charge in [0.15, 0.2) is 0 Å². The Bertz CT molecular complexity index is 611. The summed E-state index contributed by atoms with van der Waals surface area (Å²) in [6, 6.07) is 14.6. The van der Waals surface area contributed by atoms with Gasteiger partial charge in [-0.2, -0.15) is 0 Å². The molecule has 0 spiro atoms. The lowest BCUT2D eigenvalue weighted by atomic mass is 9.94. The van der Waals surface area contributed by atoms with Crippen LogP contribution in [0.4, 0.5) is 0 Å². The molecule has 0 aliphatic rings. The smallest absolute Gasteiger partial charge is 0.304 e. The van der Waals surface area contributed by atoms with Crippen LogP contribution < -0.4 is 5.73 Å². The van der Waals surface area contributed by atoms with Gasteiger partial charge in [-0.1, -0.05) is 36.4 Å². The molecule has 2 rings (SSSR count). The van der Waals surface area contributed by atoms with E-state index in [1.165, 1.54) is 0 Å². The highest BCUT2D eigenvalue weighted by atomic mass is 16.4. The summed E-state index contributed by atoms with van der Waals surface area (Å²) in [7, 11) is 0. The molecule has 4 N–H and O–H groups in total. The van der Waals surface area contributed by atoms with Gasteiger partial charge in [0.05, 0.1) is 6.42 Å². The molecule has 0 unspecified atom stereocenters. The Hall–Kier alpha value is -2.33. The minimum atomic E-state index is -0.897. The average molecular weight is 285 g/mol. The molecule has 0 radical (unpaired) electrons. The second-order valence-corrected chi connectivity index (χ2v) is 5.18. The lowest BCUT2D eigenvalue weighted by Gasteiger charge is -2.14. The van der Waals surface area contributed by atoms with Crippen molar-refractivity contribution in [2.24, 2.45) is 5.73 Å². The molecule has 0 heterocycles. The van der Waals surface area contributed by atoms with Gasteiger partial charge >= 0.3 is 5.97 Å². The molecule has 0 aliphatic carbocycles. The maximum absolute atomic E-state index is 10.7. The number of benzene rings is 2. The third kappa shape index (κ3) is 4.61. The van der Waals surface area contributed by atoms with Gasteiger partial charge < -0.3 is 15.9 Å². The predicted octanol–water partition coefficient (Wildman–Crippen LogP) is 2.33. The fourth-order valence-electron chi connectivity index (χ4n) is 2.37. The van der Waals surface area contributed by atoms with Crippen molar-refractivity contribution in [3.63, 3.8) is 0 Å². The molecule has 0 aromatic heterocycles. The van der Waals surface area contributed by atoms with Crippen molar-refractivity contribution in [3.8, 4) is 5.75 Å². The number of carboxylic acids is 1. The lowest BCUT2D eigenvalue weighted by Crippen LogP contribution is -2.26. The van der Waals surface area contributed by atoms with Crippen molar-refractivity contribution in [2.45, 2.75) is 25.3 Å². The normalized spacial score (nSPS) is 12.0. The van der Waals surface area contributed by atoms with Crippen molar-refractivity contribution < 1.29 is 15.0 Å². The van der Waals surface area contributed by atoms with Crippen LogP contribution in [0.15, 0.2) is 48.5 Å². The molecule has 2 aromatic carbocycles. The molecule has 0 saturated heterocycles. The molecule has 0 amide bonds. The largest absolute Gasteiger partial charge is 0.508 e. The topological polar surface area (TPSA) is 83.6 Å². The number of carboxylic acid groups (broad SMARTS) is 1. The first-order chi connectivity index (χ1) is 10.0. The van der Waals surface area contributed by atoms with Crippen LogP contribution in [0.1, 0.15) is 23.1 Å². The van der Waals surface area contributed by atoms with E-state index in [9.17, 15) is 9.90 Å². The molecule has 1 atom stereocenters. The second-order valence-electron chi connectivity index (χ2n) is 5.18. The van der Waals surface area contributed by atoms with Crippen molar-refractivity contribution in [1.82, 2.24) is 0 Å². The Balaban J connectivity index is 2.19. The summed E-state index contributed by atoms with van der Waals surface area (Å²) in [6.45, 7) is 0. The third-order valence-corrected chi connectivity index (χ3v) is 3.35. The zero-order valence-electron chi connectivity index (χ0n) is 11.7. The molecule has 0 saturated carbocycles. The van der Waals surface area contributed by atoms with E-state index in [0.717, 1.165) is 16.7 Å². The van der Waals surface area contributed by atoms with Crippen LogP contribution in [-0.2, 0) is 17.6 Å². The van der Waals surface area contributed by atoms with Gasteiger partial charge in [-0.3, -0.25) is 4.79 Å². The Morgan fingerprint density at radius 2 is 1.81 bits per heavy atom. The summed E-state index contributed by atoms with van der Waals surface area (Å²) in [4.78, 5) is 10.7. The lowest BCUT2D eigenvalue weighted by molar-refractivity contribution is -0.137. The second kappa shape index (κ2) is 6.90. The summed E-state index contributed by atoms with van der Waals surface area (Å²) in [5, 5.41) is 18.5. The SMILES string of the molecule is N[C@H](CC(=O)O)Cc1ccc(O)cc1Cc1ccccc1. The van der Waals surface area contributed by atoms with Gasteiger partial charge in [-0.25, -0.2) is 0 Å². The van der Waals surface area contributed by atoms with E-state index in [2.05, 4.69) is 0 Å². The first kappa shape index (κ1) is 15.1. The molecule has 2 aromatic rings. The molecular weight excluding hydrogens is 266 g/mol. The number of aliphatic carboxylic acids is 1. The molecule has 0 aliphatic heterocycles. The standard InChI is InChI=1S/C17H19NO3/c18-15(11-17(20)21)9-13-6-7-16(19)10-14(13)8-12-4-2-1-3-5-12/h1-7,10,15,19H,8-9,11,18H2,(H,20,21)/t15-/m0/s1. The first-order valence-corrected chi connectivity index (χ1v) is 6.86. The average Bonchev–Trinajstić information content (AvgIpc) is 2.42. The van der Waals surface area contributed by atoms with Crippen LogP contribution in [0.3, 0.4) is 0 Å². The Morgan fingerprint density at radius 3 is 2.48 bits per heavy atom. The molecule has 110 valence electrons. The van der Waals surface area contributed by atoms with Crippen molar-refractivity contribution in [1.29, 1.82) is 0 Å². The summed E-state index contributed by atoms with van der Waals surface area (Å²) in [5.74, 6) is -0.692. The first-order valence-electron chi connectivity index (χ1n) is 6.86. The minimum Gasteiger partial charge on any atom is -0.508 e. The molecule has 21 heavy (non-hydrogen) atoms. The summed E-state index contributed by atoms with van der Waals surface area (Å²) in [6.07, 6.45) is 1.10. The van der Waals surface area contributed by atoms with E-state index in [1.54, 1.807) is 12.1 Å². The predicted molar refractivity (Wildman–Crippen MR) is 81.3 cm³/mol. The van der Waals surface area contributed by atoms with Crippen LogP contribution in [0, 0.1) is 0 Å². The van der Waals surface area contributed by atoms with E-state index in [-0.39, 0.29) is 12.2 Å². The maximum Gasteiger partial charge on any atom is 0.304 e. The van der Waals surface area contributed by atoms with Gasteiger partial charge in [0, 0.05) is 6.04 Å². The minimum absolute atomic E-state index is 0.0638. The van der Waals surface area contributed by atoms with Gasteiger partial charge in [-0.15, -0.1) is 0 Å². The number of phenols is 1. The zero-order chi connectivity index (χ0) is 15.2. The molecule has 0 fully saturated rings. The molecule has 4 heteroatoms. The van der Waals surface area contributed by atoms with Gasteiger partial charge in [-0.05, 0) is 41.7 Å². The van der Waals surface area contributed by atoms with E-state index >= 15 is 0 Å².